The molecule has 5 nitrogen and oxygen atoms in total. The minimum absolute atomic E-state index is 0.0377. The number of aliphatic hydroxyl groups is 1. The van der Waals surface area contributed by atoms with Crippen molar-refractivity contribution in [2.75, 3.05) is 26.9 Å². The largest absolute Gasteiger partial charge is 0.480 e. The molecule has 2 N–H and O–H groups in total. The molecule has 0 rings (SSSR count). The highest BCUT2D eigenvalue weighted by atomic mass is 16.5. The first kappa shape index (κ1) is 15.3. The van der Waals surface area contributed by atoms with E-state index in [1.54, 1.807) is 0 Å². The van der Waals surface area contributed by atoms with E-state index < -0.39 is 12.0 Å². The van der Waals surface area contributed by atoms with Crippen molar-refractivity contribution in [1.82, 2.24) is 4.90 Å². The monoisotopic (exact) mass is 233 g/mol. The summed E-state index contributed by atoms with van der Waals surface area (Å²) in [6.07, 6.45) is 1.73. The van der Waals surface area contributed by atoms with Crippen LogP contribution in [0, 0.1) is 0 Å². The molecule has 0 aromatic rings. The zero-order chi connectivity index (χ0) is 12.6. The fourth-order valence-corrected chi connectivity index (χ4v) is 1.93. The molecule has 0 saturated carbocycles. The van der Waals surface area contributed by atoms with Crippen LogP contribution in [0.15, 0.2) is 0 Å². The van der Waals surface area contributed by atoms with Crippen LogP contribution in [0.5, 0.6) is 0 Å². The lowest BCUT2D eigenvalue weighted by Crippen LogP contribution is -2.50. The molecule has 1 unspecified atom stereocenters. The van der Waals surface area contributed by atoms with E-state index in [1.807, 2.05) is 18.7 Å². The number of carboxylic acid groups (broad SMARTS) is 1. The Morgan fingerprint density at radius 1 is 1.38 bits per heavy atom. The normalized spacial score (nSPS) is 13.4. The Morgan fingerprint density at radius 2 is 1.94 bits per heavy atom. The van der Waals surface area contributed by atoms with E-state index in [0.29, 0.717) is 6.54 Å². The predicted molar refractivity (Wildman–Crippen MR) is 61.5 cm³/mol. The molecular weight excluding hydrogens is 210 g/mol. The van der Waals surface area contributed by atoms with Crippen molar-refractivity contribution in [1.29, 1.82) is 0 Å². The maximum atomic E-state index is 11.1. The van der Waals surface area contributed by atoms with Gasteiger partial charge in [0.2, 0.25) is 0 Å². The first-order valence-electron chi connectivity index (χ1n) is 5.70. The SMILES string of the molecule is CCC(CC)N(CCO)C(COC)C(=O)O. The van der Waals surface area contributed by atoms with E-state index in [1.165, 1.54) is 7.11 Å². The van der Waals surface area contributed by atoms with Crippen LogP contribution >= 0.6 is 0 Å². The smallest absolute Gasteiger partial charge is 0.323 e. The molecule has 16 heavy (non-hydrogen) atoms. The molecule has 0 saturated heterocycles. The number of rotatable bonds is 9. The Morgan fingerprint density at radius 3 is 2.25 bits per heavy atom. The van der Waals surface area contributed by atoms with Crippen molar-refractivity contribution in [2.45, 2.75) is 38.8 Å². The van der Waals surface area contributed by atoms with Gasteiger partial charge in [0, 0.05) is 19.7 Å². The number of methoxy groups -OCH3 is 1. The van der Waals surface area contributed by atoms with Crippen LogP contribution in [0.2, 0.25) is 0 Å². The molecule has 0 aliphatic carbocycles. The molecule has 0 aromatic heterocycles. The third-order valence-corrected chi connectivity index (χ3v) is 2.78. The minimum atomic E-state index is -0.901. The average molecular weight is 233 g/mol. The van der Waals surface area contributed by atoms with Gasteiger partial charge in [0.15, 0.2) is 0 Å². The Hall–Kier alpha value is -0.650. The zero-order valence-electron chi connectivity index (χ0n) is 10.3. The predicted octanol–water partition coefficient (Wildman–Crippen LogP) is 0.569. The molecule has 5 heteroatoms. The summed E-state index contributed by atoms with van der Waals surface area (Å²) in [4.78, 5) is 13.0. The van der Waals surface area contributed by atoms with Gasteiger partial charge in [0.1, 0.15) is 6.04 Å². The highest BCUT2D eigenvalue weighted by Gasteiger charge is 2.29. The summed E-state index contributed by atoms with van der Waals surface area (Å²) < 4.78 is 4.93. The number of aliphatic carboxylic acids is 1. The molecule has 96 valence electrons. The zero-order valence-corrected chi connectivity index (χ0v) is 10.3. The van der Waals surface area contributed by atoms with Crippen LogP contribution in [0.3, 0.4) is 0 Å². The van der Waals surface area contributed by atoms with Crippen molar-refractivity contribution in [2.24, 2.45) is 0 Å². The number of hydrogen-bond donors (Lipinski definition) is 2. The van der Waals surface area contributed by atoms with Gasteiger partial charge in [-0.25, -0.2) is 0 Å². The van der Waals surface area contributed by atoms with Crippen LogP contribution in [0.4, 0.5) is 0 Å². The van der Waals surface area contributed by atoms with E-state index >= 15 is 0 Å². The van der Waals surface area contributed by atoms with Gasteiger partial charge in [0.25, 0.3) is 0 Å². The Bertz CT molecular complexity index is 194. The van der Waals surface area contributed by atoms with E-state index in [-0.39, 0.29) is 19.3 Å². The molecule has 0 aromatic carbocycles. The summed E-state index contributed by atoms with van der Waals surface area (Å²) >= 11 is 0. The average Bonchev–Trinajstić information content (AvgIpc) is 2.26. The van der Waals surface area contributed by atoms with Gasteiger partial charge in [-0.2, -0.15) is 0 Å². The second-order valence-corrected chi connectivity index (χ2v) is 3.74. The van der Waals surface area contributed by atoms with E-state index in [9.17, 15) is 4.79 Å². The summed E-state index contributed by atoms with van der Waals surface area (Å²) in [5.74, 6) is -0.901. The molecular formula is C11H23NO4. The first-order valence-corrected chi connectivity index (χ1v) is 5.70. The van der Waals surface area contributed by atoms with Gasteiger partial charge < -0.3 is 14.9 Å². The Labute approximate surface area is 97.0 Å². The van der Waals surface area contributed by atoms with Crippen LogP contribution in [0.1, 0.15) is 26.7 Å². The van der Waals surface area contributed by atoms with Gasteiger partial charge >= 0.3 is 5.97 Å². The fourth-order valence-electron chi connectivity index (χ4n) is 1.93. The van der Waals surface area contributed by atoms with Crippen molar-refractivity contribution in [3.8, 4) is 0 Å². The second kappa shape index (κ2) is 8.50. The van der Waals surface area contributed by atoms with Crippen LogP contribution < -0.4 is 0 Å². The summed E-state index contributed by atoms with van der Waals surface area (Å²) in [6.45, 7) is 4.51. The summed E-state index contributed by atoms with van der Waals surface area (Å²) in [5, 5.41) is 18.1. The molecule has 0 amide bonds. The maximum Gasteiger partial charge on any atom is 0.323 e. The first-order chi connectivity index (χ1) is 7.62. The van der Waals surface area contributed by atoms with Crippen LogP contribution in [-0.2, 0) is 9.53 Å². The summed E-state index contributed by atoms with van der Waals surface area (Å²) in [7, 11) is 1.49. The van der Waals surface area contributed by atoms with E-state index in [0.717, 1.165) is 12.8 Å². The van der Waals surface area contributed by atoms with E-state index in [2.05, 4.69) is 0 Å². The number of carboxylic acids is 1. The molecule has 1 atom stereocenters. The lowest BCUT2D eigenvalue weighted by molar-refractivity contribution is -0.147. The quantitative estimate of drug-likeness (QED) is 0.609. The highest BCUT2D eigenvalue weighted by molar-refractivity contribution is 5.73. The maximum absolute atomic E-state index is 11.1. The van der Waals surface area contributed by atoms with Crippen LogP contribution in [-0.4, -0.2) is 60.0 Å². The summed E-state index contributed by atoms with van der Waals surface area (Å²) in [6, 6.07) is -0.509. The van der Waals surface area contributed by atoms with Crippen molar-refractivity contribution in [3.05, 3.63) is 0 Å². The van der Waals surface area contributed by atoms with Gasteiger partial charge in [0.05, 0.1) is 13.2 Å². The third-order valence-electron chi connectivity index (χ3n) is 2.78. The minimum Gasteiger partial charge on any atom is -0.480 e. The second-order valence-electron chi connectivity index (χ2n) is 3.74. The van der Waals surface area contributed by atoms with Crippen molar-refractivity contribution in [3.63, 3.8) is 0 Å². The van der Waals surface area contributed by atoms with Crippen LogP contribution in [0.25, 0.3) is 0 Å². The van der Waals surface area contributed by atoms with Gasteiger partial charge in [-0.3, -0.25) is 9.69 Å². The van der Waals surface area contributed by atoms with Crippen molar-refractivity contribution < 1.29 is 19.7 Å². The summed E-state index contributed by atoms with van der Waals surface area (Å²) in [5.41, 5.74) is 0. The number of carbonyl (C=O) groups is 1. The fraction of sp³-hybridized carbons (Fsp3) is 0.909. The van der Waals surface area contributed by atoms with Gasteiger partial charge in [-0.15, -0.1) is 0 Å². The van der Waals surface area contributed by atoms with E-state index in [4.69, 9.17) is 14.9 Å². The standard InChI is InChI=1S/C11H23NO4/c1-4-9(5-2)12(6-7-13)10(8-16-3)11(14)15/h9-10,13H,4-8H2,1-3H3,(H,14,15). The molecule has 0 radical (unpaired) electrons. The van der Waals surface area contributed by atoms with Gasteiger partial charge in [-0.05, 0) is 12.8 Å². The number of ether oxygens (including phenoxy) is 1. The molecule has 0 spiro atoms. The molecule has 0 bridgehead atoms. The Balaban J connectivity index is 4.73. The topological polar surface area (TPSA) is 70.0 Å². The number of aliphatic hydroxyl groups excluding tert-OH is 1. The molecule has 0 aliphatic heterocycles. The van der Waals surface area contributed by atoms with Gasteiger partial charge in [-0.1, -0.05) is 13.8 Å². The Kier molecular flexibility index (Phi) is 8.15. The lowest BCUT2D eigenvalue weighted by atomic mass is 10.1. The highest BCUT2D eigenvalue weighted by Crippen LogP contribution is 2.13. The third kappa shape index (κ3) is 4.47. The molecule has 0 heterocycles. The van der Waals surface area contributed by atoms with Crippen molar-refractivity contribution >= 4 is 5.97 Å². The number of nitrogens with zero attached hydrogens (tertiary/aromatic N) is 1. The number of hydrogen-bond acceptors (Lipinski definition) is 4. The molecule has 0 aliphatic rings. The lowest BCUT2D eigenvalue weighted by Gasteiger charge is -2.34. The molecule has 0 fully saturated rings.